The van der Waals surface area contributed by atoms with E-state index in [1.165, 1.54) is 6.07 Å². The number of anilines is 1. The van der Waals surface area contributed by atoms with Crippen LogP contribution in [0.15, 0.2) is 65.9 Å². The highest BCUT2D eigenvalue weighted by atomic mass is 32.2. The van der Waals surface area contributed by atoms with Crippen LogP contribution >= 0.6 is 0 Å². The molecule has 12 heteroatoms. The van der Waals surface area contributed by atoms with Crippen LogP contribution in [0.1, 0.15) is 42.7 Å². The van der Waals surface area contributed by atoms with Gasteiger partial charge in [-0.2, -0.15) is 0 Å². The van der Waals surface area contributed by atoms with E-state index in [0.29, 0.717) is 11.3 Å². The van der Waals surface area contributed by atoms with Gasteiger partial charge in [0.05, 0.1) is 24.1 Å². The summed E-state index contributed by atoms with van der Waals surface area (Å²) in [7, 11) is -1.88. The number of hydrogen-bond acceptors (Lipinski definition) is 9. The molecular formula is C29H35FN6O4S. The molecule has 3 heterocycles. The molecule has 41 heavy (non-hydrogen) atoms. The molecule has 2 atom stereocenters. The molecule has 2 saturated heterocycles. The molecule has 2 aliphatic rings. The number of benzene rings is 2. The topological polar surface area (TPSA) is 120 Å². The monoisotopic (exact) mass is 582 g/mol. The molecule has 0 bridgehead atoms. The van der Waals surface area contributed by atoms with Crippen molar-refractivity contribution in [3.05, 3.63) is 77.9 Å². The standard InChI is InChI=1S/C29H35FN6O4S/c1-29(2)27(41(38,39)34-28(40-29)33-24(12-17-37)22-6-4-5-7-23(22)30)21-10-8-20(9-11-21)25-18-32-26(19-31-25)36-15-13-35(3)14-16-36/h4-11,18-19,24,27,37H,12-17H2,1-3H3,(H,33,34). The fourth-order valence-corrected chi connectivity index (χ4v) is 7.07. The zero-order chi connectivity index (χ0) is 29.2. The Bertz CT molecular complexity index is 1490. The van der Waals surface area contributed by atoms with E-state index >= 15 is 0 Å². The van der Waals surface area contributed by atoms with Crippen LogP contribution in [0.3, 0.4) is 0 Å². The summed E-state index contributed by atoms with van der Waals surface area (Å²) < 4.78 is 49.9. The highest BCUT2D eigenvalue weighted by molar-refractivity contribution is 7.90. The molecule has 0 amide bonds. The first-order valence-electron chi connectivity index (χ1n) is 13.6. The number of rotatable bonds is 7. The number of aliphatic imine (C=N–C) groups is 1. The van der Waals surface area contributed by atoms with Gasteiger partial charge in [-0.25, -0.2) is 27.5 Å². The number of aliphatic hydroxyl groups excluding tert-OH is 1. The van der Waals surface area contributed by atoms with Gasteiger partial charge in [0.15, 0.2) is 0 Å². The van der Waals surface area contributed by atoms with Gasteiger partial charge in [0, 0.05) is 43.9 Å². The molecule has 2 N–H and O–H groups in total. The maximum atomic E-state index is 14.4. The highest BCUT2D eigenvalue weighted by Crippen LogP contribution is 2.39. The number of halogens is 1. The molecule has 0 saturated carbocycles. The summed E-state index contributed by atoms with van der Waals surface area (Å²) in [5.41, 5.74) is 1.07. The van der Waals surface area contributed by atoms with Crippen molar-refractivity contribution in [3.8, 4) is 11.3 Å². The SMILES string of the molecule is CN1CCN(c2cnc(-c3ccc(C4C(C)(C)OC(=NC(CCO)c5ccccc5F)NS4(=O)=O)cc3)cn2)CC1. The molecule has 1 aromatic heterocycles. The maximum Gasteiger partial charge on any atom is 0.299 e. The van der Waals surface area contributed by atoms with Crippen LogP contribution in [0.25, 0.3) is 11.3 Å². The van der Waals surface area contributed by atoms with Crippen molar-refractivity contribution in [1.82, 2.24) is 19.6 Å². The molecule has 2 unspecified atom stereocenters. The van der Waals surface area contributed by atoms with Crippen molar-refractivity contribution in [2.24, 2.45) is 4.99 Å². The summed E-state index contributed by atoms with van der Waals surface area (Å²) in [6.45, 7) is 6.84. The first kappa shape index (κ1) is 28.9. The lowest BCUT2D eigenvalue weighted by Gasteiger charge is -2.39. The number of nitrogens with zero attached hydrogens (tertiary/aromatic N) is 5. The van der Waals surface area contributed by atoms with Crippen LogP contribution < -0.4 is 9.62 Å². The second kappa shape index (κ2) is 11.7. The number of likely N-dealkylation sites (N-methyl/N-ethyl adjacent to an activating group) is 1. The fraction of sp³-hybridized carbons (Fsp3) is 0.414. The van der Waals surface area contributed by atoms with Gasteiger partial charge in [-0.1, -0.05) is 42.5 Å². The van der Waals surface area contributed by atoms with Crippen LogP contribution in [0.4, 0.5) is 10.2 Å². The third-order valence-electron chi connectivity index (χ3n) is 7.45. The summed E-state index contributed by atoms with van der Waals surface area (Å²) >= 11 is 0. The Kier molecular flexibility index (Phi) is 8.25. The number of ether oxygens (including phenoxy) is 1. The third-order valence-corrected chi connectivity index (χ3v) is 9.37. The van der Waals surface area contributed by atoms with Gasteiger partial charge < -0.3 is 19.6 Å². The summed E-state index contributed by atoms with van der Waals surface area (Å²) in [4.78, 5) is 18.0. The van der Waals surface area contributed by atoms with Crippen molar-refractivity contribution in [2.45, 2.75) is 37.2 Å². The zero-order valence-electron chi connectivity index (χ0n) is 23.4. The van der Waals surface area contributed by atoms with Crippen molar-refractivity contribution in [3.63, 3.8) is 0 Å². The third kappa shape index (κ3) is 6.34. The average molecular weight is 583 g/mol. The molecule has 10 nitrogen and oxygen atoms in total. The van der Waals surface area contributed by atoms with E-state index in [-0.39, 0.29) is 24.6 Å². The predicted molar refractivity (Wildman–Crippen MR) is 155 cm³/mol. The minimum atomic E-state index is -3.98. The Morgan fingerprint density at radius 3 is 2.41 bits per heavy atom. The Morgan fingerprint density at radius 1 is 1.10 bits per heavy atom. The van der Waals surface area contributed by atoms with Crippen LogP contribution in [0, 0.1) is 5.82 Å². The van der Waals surface area contributed by atoms with Gasteiger partial charge in [0.2, 0.25) is 10.0 Å². The average Bonchev–Trinajstić information content (AvgIpc) is 2.93. The second-order valence-corrected chi connectivity index (χ2v) is 12.7. The quantitative estimate of drug-likeness (QED) is 0.436. The second-order valence-electron chi connectivity index (χ2n) is 10.9. The van der Waals surface area contributed by atoms with E-state index in [1.807, 2.05) is 12.1 Å². The molecule has 218 valence electrons. The van der Waals surface area contributed by atoms with Crippen LogP contribution in [-0.2, 0) is 14.8 Å². The van der Waals surface area contributed by atoms with Crippen LogP contribution in [0.5, 0.6) is 0 Å². The number of hydrogen-bond donors (Lipinski definition) is 2. The van der Waals surface area contributed by atoms with E-state index < -0.39 is 32.7 Å². The van der Waals surface area contributed by atoms with E-state index in [2.05, 4.69) is 36.5 Å². The molecular weight excluding hydrogens is 547 g/mol. The molecule has 0 radical (unpaired) electrons. The van der Waals surface area contributed by atoms with Crippen molar-refractivity contribution >= 4 is 21.9 Å². The number of aliphatic hydroxyl groups is 1. The molecule has 0 spiro atoms. The lowest BCUT2D eigenvalue weighted by Crippen LogP contribution is -2.53. The zero-order valence-corrected chi connectivity index (χ0v) is 24.2. The number of nitrogens with one attached hydrogen (secondary N) is 1. The number of sulfonamides is 1. The maximum absolute atomic E-state index is 14.4. The molecule has 2 aromatic carbocycles. The van der Waals surface area contributed by atoms with Gasteiger partial charge in [-0.3, -0.25) is 4.98 Å². The fourth-order valence-electron chi connectivity index (χ4n) is 5.31. The van der Waals surface area contributed by atoms with Crippen LogP contribution in [0.2, 0.25) is 0 Å². The van der Waals surface area contributed by atoms with Crippen molar-refractivity contribution in [2.75, 3.05) is 44.7 Å². The lowest BCUT2D eigenvalue weighted by molar-refractivity contribution is 0.0758. The van der Waals surface area contributed by atoms with Gasteiger partial charge in [-0.15, -0.1) is 0 Å². The lowest BCUT2D eigenvalue weighted by atomic mass is 9.96. The summed E-state index contributed by atoms with van der Waals surface area (Å²) in [6.07, 6.45) is 3.60. The first-order valence-corrected chi connectivity index (χ1v) is 15.1. The number of amidine groups is 1. The van der Waals surface area contributed by atoms with E-state index in [9.17, 15) is 17.9 Å². The predicted octanol–water partition coefficient (Wildman–Crippen LogP) is 3.28. The minimum Gasteiger partial charge on any atom is -0.457 e. The molecule has 3 aromatic rings. The number of piperazine rings is 1. The Hall–Kier alpha value is -3.61. The molecule has 2 fully saturated rings. The van der Waals surface area contributed by atoms with E-state index in [0.717, 1.165) is 37.6 Å². The summed E-state index contributed by atoms with van der Waals surface area (Å²) in [6, 6.07) is 12.1. The van der Waals surface area contributed by atoms with Gasteiger partial charge in [0.1, 0.15) is 22.5 Å². The van der Waals surface area contributed by atoms with Gasteiger partial charge >= 0.3 is 0 Å². The minimum absolute atomic E-state index is 0.0973. The summed E-state index contributed by atoms with van der Waals surface area (Å²) in [5.74, 6) is 0.343. The molecule has 5 rings (SSSR count). The van der Waals surface area contributed by atoms with Crippen molar-refractivity contribution in [1.29, 1.82) is 0 Å². The van der Waals surface area contributed by atoms with E-state index in [4.69, 9.17) is 4.74 Å². The van der Waals surface area contributed by atoms with Gasteiger partial charge in [-0.05, 0) is 38.9 Å². The molecule has 2 aliphatic heterocycles. The Labute approximate surface area is 240 Å². The van der Waals surface area contributed by atoms with Gasteiger partial charge in [0.25, 0.3) is 6.02 Å². The normalized spacial score (nSPS) is 22.1. The summed E-state index contributed by atoms with van der Waals surface area (Å²) in [5, 5.41) is 8.47. The first-order chi connectivity index (χ1) is 19.6. The van der Waals surface area contributed by atoms with Crippen LogP contribution in [-0.4, -0.2) is 79.8 Å². The van der Waals surface area contributed by atoms with Crippen molar-refractivity contribution < 1.29 is 22.7 Å². The molecule has 0 aliphatic carbocycles. The Balaban J connectivity index is 1.34. The highest BCUT2D eigenvalue weighted by Gasteiger charge is 2.48. The number of aromatic nitrogens is 2. The Morgan fingerprint density at radius 2 is 1.80 bits per heavy atom. The van der Waals surface area contributed by atoms with E-state index in [1.54, 1.807) is 56.6 Å². The smallest absolute Gasteiger partial charge is 0.299 e. The largest absolute Gasteiger partial charge is 0.457 e.